The van der Waals surface area contributed by atoms with Crippen molar-refractivity contribution in [2.75, 3.05) is 12.8 Å². The number of H-pyrrole nitrogens is 1. The molecular formula is C12H15N5OS. The summed E-state index contributed by atoms with van der Waals surface area (Å²) in [5, 5.41) is 10.2. The van der Waals surface area contributed by atoms with Gasteiger partial charge in [0.1, 0.15) is 17.2 Å². The number of aryl methyl sites for hydroxylation is 1. The highest BCUT2D eigenvalue weighted by atomic mass is 32.2. The van der Waals surface area contributed by atoms with E-state index < -0.39 is 0 Å². The van der Waals surface area contributed by atoms with Gasteiger partial charge in [-0.1, -0.05) is 0 Å². The zero-order valence-corrected chi connectivity index (χ0v) is 11.4. The first kappa shape index (κ1) is 13.5. The Bertz CT molecular complexity index is 529. The maximum absolute atomic E-state index is 12.0. The van der Waals surface area contributed by atoms with Gasteiger partial charge in [0.05, 0.1) is 5.56 Å². The molecule has 0 radical (unpaired) electrons. The van der Waals surface area contributed by atoms with Gasteiger partial charge < -0.3 is 5.32 Å². The molecule has 2 aromatic heterocycles. The second-order valence-electron chi connectivity index (χ2n) is 3.85. The summed E-state index contributed by atoms with van der Waals surface area (Å²) in [4.78, 5) is 20.2. The van der Waals surface area contributed by atoms with E-state index in [9.17, 15) is 4.79 Å². The molecule has 2 heterocycles. The van der Waals surface area contributed by atoms with Crippen LogP contribution in [0.2, 0.25) is 0 Å². The Kier molecular flexibility index (Phi) is 4.91. The van der Waals surface area contributed by atoms with Gasteiger partial charge in [0.2, 0.25) is 0 Å². The van der Waals surface area contributed by atoms with Crippen LogP contribution in [0.3, 0.4) is 0 Å². The van der Waals surface area contributed by atoms with Crippen LogP contribution in [-0.4, -0.2) is 38.9 Å². The Morgan fingerprint density at radius 1 is 1.47 bits per heavy atom. The largest absolute Gasteiger partial charge is 0.352 e. The lowest BCUT2D eigenvalue weighted by atomic mass is 10.2. The molecule has 2 N–H and O–H groups in total. The van der Waals surface area contributed by atoms with Crippen molar-refractivity contribution in [3.05, 3.63) is 36.0 Å². The summed E-state index contributed by atoms with van der Waals surface area (Å²) in [6.07, 6.45) is 6.66. The number of carbonyl (C=O) groups is 1. The first-order valence-corrected chi connectivity index (χ1v) is 7.15. The summed E-state index contributed by atoms with van der Waals surface area (Å²) in [6, 6.07) is 3.55. The number of aromatic amines is 1. The maximum atomic E-state index is 12.0. The normalized spacial score (nSPS) is 10.4. The topological polar surface area (TPSA) is 83.6 Å². The minimum absolute atomic E-state index is 0.0879. The minimum atomic E-state index is -0.0879. The van der Waals surface area contributed by atoms with Gasteiger partial charge in [-0.05, 0) is 24.8 Å². The fourth-order valence-corrected chi connectivity index (χ4v) is 2.18. The second kappa shape index (κ2) is 6.89. The average molecular weight is 277 g/mol. The number of nitrogens with zero attached hydrogens (tertiary/aromatic N) is 3. The first-order chi connectivity index (χ1) is 9.31. The monoisotopic (exact) mass is 277 g/mol. The standard InChI is InChI=1S/C12H15N5OS/c1-19-12-9(4-2-7-14-12)11(18)13-6-3-5-10-15-8-16-17-10/h2,4,7-8H,3,5-6H2,1H3,(H,13,18)(H,15,16,17). The van der Waals surface area contributed by atoms with Gasteiger partial charge in [-0.15, -0.1) is 11.8 Å². The quantitative estimate of drug-likeness (QED) is 0.614. The number of amides is 1. The minimum Gasteiger partial charge on any atom is -0.352 e. The molecule has 0 aliphatic carbocycles. The van der Waals surface area contributed by atoms with Crippen molar-refractivity contribution in [1.82, 2.24) is 25.5 Å². The van der Waals surface area contributed by atoms with E-state index in [-0.39, 0.29) is 5.91 Å². The molecule has 0 aliphatic rings. The summed E-state index contributed by atoms with van der Waals surface area (Å²) in [6.45, 7) is 0.599. The van der Waals surface area contributed by atoms with Crippen molar-refractivity contribution in [2.24, 2.45) is 0 Å². The van der Waals surface area contributed by atoms with Crippen LogP contribution in [-0.2, 0) is 6.42 Å². The number of aromatic nitrogens is 4. The lowest BCUT2D eigenvalue weighted by Crippen LogP contribution is -2.25. The fraction of sp³-hybridized carbons (Fsp3) is 0.333. The molecule has 0 spiro atoms. The van der Waals surface area contributed by atoms with Crippen LogP contribution < -0.4 is 5.32 Å². The molecule has 0 saturated carbocycles. The highest BCUT2D eigenvalue weighted by Crippen LogP contribution is 2.16. The van der Waals surface area contributed by atoms with E-state index in [2.05, 4.69) is 25.5 Å². The zero-order chi connectivity index (χ0) is 13.5. The van der Waals surface area contributed by atoms with Gasteiger partial charge in [0, 0.05) is 19.2 Å². The molecule has 0 aromatic carbocycles. The number of thioether (sulfide) groups is 1. The Morgan fingerprint density at radius 2 is 2.37 bits per heavy atom. The van der Waals surface area contributed by atoms with Crippen molar-refractivity contribution in [1.29, 1.82) is 0 Å². The van der Waals surface area contributed by atoms with E-state index in [4.69, 9.17) is 0 Å². The number of hydrogen-bond donors (Lipinski definition) is 2. The summed E-state index contributed by atoms with van der Waals surface area (Å²) in [5.74, 6) is 0.746. The average Bonchev–Trinajstić information content (AvgIpc) is 2.96. The molecule has 2 rings (SSSR count). The molecule has 100 valence electrons. The third kappa shape index (κ3) is 3.78. The lowest BCUT2D eigenvalue weighted by Gasteiger charge is -2.07. The molecular weight excluding hydrogens is 262 g/mol. The zero-order valence-electron chi connectivity index (χ0n) is 10.6. The van der Waals surface area contributed by atoms with Crippen molar-refractivity contribution < 1.29 is 4.79 Å². The molecule has 2 aromatic rings. The molecule has 0 saturated heterocycles. The Hall–Kier alpha value is -1.89. The molecule has 1 amide bonds. The summed E-state index contributed by atoms with van der Waals surface area (Å²) < 4.78 is 0. The van der Waals surface area contributed by atoms with Crippen molar-refractivity contribution in [2.45, 2.75) is 17.9 Å². The first-order valence-electron chi connectivity index (χ1n) is 5.92. The van der Waals surface area contributed by atoms with E-state index in [0.717, 1.165) is 23.7 Å². The van der Waals surface area contributed by atoms with Gasteiger partial charge in [-0.25, -0.2) is 9.97 Å². The number of hydrogen-bond acceptors (Lipinski definition) is 5. The molecule has 0 aliphatic heterocycles. The van der Waals surface area contributed by atoms with Crippen LogP contribution in [0.25, 0.3) is 0 Å². The Balaban J connectivity index is 1.81. The Morgan fingerprint density at radius 3 is 3.11 bits per heavy atom. The predicted molar refractivity (Wildman–Crippen MR) is 73.1 cm³/mol. The third-order valence-electron chi connectivity index (χ3n) is 2.55. The lowest BCUT2D eigenvalue weighted by molar-refractivity contribution is 0.0949. The third-order valence-corrected chi connectivity index (χ3v) is 3.26. The smallest absolute Gasteiger partial charge is 0.254 e. The summed E-state index contributed by atoms with van der Waals surface area (Å²) in [7, 11) is 0. The molecule has 7 heteroatoms. The number of nitrogens with one attached hydrogen (secondary N) is 2. The summed E-state index contributed by atoms with van der Waals surface area (Å²) in [5.41, 5.74) is 0.620. The maximum Gasteiger partial charge on any atom is 0.254 e. The van der Waals surface area contributed by atoms with E-state index >= 15 is 0 Å². The van der Waals surface area contributed by atoms with Crippen molar-refractivity contribution >= 4 is 17.7 Å². The predicted octanol–water partition coefficient (Wildman–Crippen LogP) is 1.28. The summed E-state index contributed by atoms with van der Waals surface area (Å²) >= 11 is 1.47. The van der Waals surface area contributed by atoms with Gasteiger partial charge in [0.15, 0.2) is 0 Å². The molecule has 6 nitrogen and oxygen atoms in total. The number of rotatable bonds is 6. The van der Waals surface area contributed by atoms with Crippen LogP contribution in [0.1, 0.15) is 22.6 Å². The van der Waals surface area contributed by atoms with Gasteiger partial charge in [-0.2, -0.15) is 5.10 Å². The van der Waals surface area contributed by atoms with E-state index in [1.807, 2.05) is 6.26 Å². The SMILES string of the molecule is CSc1ncccc1C(=O)NCCCc1ncn[nH]1. The second-order valence-corrected chi connectivity index (χ2v) is 4.65. The van der Waals surface area contributed by atoms with Crippen molar-refractivity contribution in [3.63, 3.8) is 0 Å². The van der Waals surface area contributed by atoms with Gasteiger partial charge in [-0.3, -0.25) is 9.89 Å². The van der Waals surface area contributed by atoms with E-state index in [1.54, 1.807) is 18.3 Å². The molecule has 0 bridgehead atoms. The fourth-order valence-electron chi connectivity index (χ4n) is 1.63. The van der Waals surface area contributed by atoms with Crippen LogP contribution >= 0.6 is 11.8 Å². The van der Waals surface area contributed by atoms with Crippen LogP contribution in [0.4, 0.5) is 0 Å². The number of pyridine rings is 1. The van der Waals surface area contributed by atoms with Gasteiger partial charge in [0.25, 0.3) is 5.91 Å². The van der Waals surface area contributed by atoms with Gasteiger partial charge >= 0.3 is 0 Å². The van der Waals surface area contributed by atoms with Crippen LogP contribution in [0.15, 0.2) is 29.7 Å². The molecule has 0 fully saturated rings. The van der Waals surface area contributed by atoms with E-state index in [0.29, 0.717) is 12.1 Å². The molecule has 0 atom stereocenters. The molecule has 0 unspecified atom stereocenters. The van der Waals surface area contributed by atoms with Crippen LogP contribution in [0, 0.1) is 0 Å². The molecule has 19 heavy (non-hydrogen) atoms. The number of carbonyl (C=O) groups excluding carboxylic acids is 1. The highest BCUT2D eigenvalue weighted by molar-refractivity contribution is 7.98. The highest BCUT2D eigenvalue weighted by Gasteiger charge is 2.10. The Labute approximate surface area is 115 Å². The van der Waals surface area contributed by atoms with E-state index in [1.165, 1.54) is 18.1 Å². The van der Waals surface area contributed by atoms with Crippen LogP contribution in [0.5, 0.6) is 0 Å². The van der Waals surface area contributed by atoms with Crippen molar-refractivity contribution in [3.8, 4) is 0 Å².